The predicted molar refractivity (Wildman–Crippen MR) is 77.8 cm³/mol. The molecule has 1 saturated heterocycles. The molecule has 1 aliphatic carbocycles. The Bertz CT molecular complexity index is 298. The fourth-order valence-corrected chi connectivity index (χ4v) is 3.47. The lowest BCUT2D eigenvalue weighted by molar-refractivity contribution is -0.135. The smallest absolute Gasteiger partial charge is 0.225 e. The van der Waals surface area contributed by atoms with Crippen molar-refractivity contribution in [3.63, 3.8) is 0 Å². The summed E-state index contributed by atoms with van der Waals surface area (Å²) < 4.78 is 0. The molecule has 2 rings (SSSR count). The zero-order chi connectivity index (χ0) is 13.8. The average Bonchev–Trinajstić information content (AvgIpc) is 2.86. The normalized spacial score (nSPS) is 29.2. The largest absolute Gasteiger partial charge is 0.342 e. The minimum absolute atomic E-state index is 0.126. The SMILES string of the molecule is CC(C)C(=O)N1CCC(NC2CCCC2CN)CC1. The van der Waals surface area contributed by atoms with Crippen LogP contribution in [-0.4, -0.2) is 42.5 Å². The van der Waals surface area contributed by atoms with Crippen molar-refractivity contribution in [1.82, 2.24) is 10.2 Å². The number of piperidine rings is 1. The van der Waals surface area contributed by atoms with Crippen molar-refractivity contribution in [2.75, 3.05) is 19.6 Å². The van der Waals surface area contributed by atoms with Crippen molar-refractivity contribution in [3.8, 4) is 0 Å². The van der Waals surface area contributed by atoms with Gasteiger partial charge in [-0.2, -0.15) is 0 Å². The van der Waals surface area contributed by atoms with Crippen molar-refractivity contribution < 1.29 is 4.79 Å². The Morgan fingerprint density at radius 2 is 1.95 bits per heavy atom. The molecule has 2 aliphatic rings. The molecule has 0 radical (unpaired) electrons. The number of hydrogen-bond donors (Lipinski definition) is 2. The maximum Gasteiger partial charge on any atom is 0.225 e. The third kappa shape index (κ3) is 3.69. The number of nitrogens with two attached hydrogens (primary N) is 1. The Kier molecular flexibility index (Phi) is 5.22. The van der Waals surface area contributed by atoms with Gasteiger partial charge in [-0.15, -0.1) is 0 Å². The van der Waals surface area contributed by atoms with Crippen LogP contribution in [-0.2, 0) is 4.79 Å². The van der Waals surface area contributed by atoms with Gasteiger partial charge in [-0.25, -0.2) is 0 Å². The number of rotatable bonds is 4. The fourth-order valence-electron chi connectivity index (χ4n) is 3.47. The molecule has 4 heteroatoms. The second-order valence-corrected chi connectivity index (χ2v) is 6.45. The molecule has 0 aromatic carbocycles. The molecule has 0 spiro atoms. The predicted octanol–water partition coefficient (Wildman–Crippen LogP) is 1.35. The highest BCUT2D eigenvalue weighted by molar-refractivity contribution is 5.78. The first-order chi connectivity index (χ1) is 9.11. The summed E-state index contributed by atoms with van der Waals surface area (Å²) in [6.07, 6.45) is 6.04. The van der Waals surface area contributed by atoms with Crippen LogP contribution in [0.4, 0.5) is 0 Å². The lowest BCUT2D eigenvalue weighted by atomic mass is 9.98. The van der Waals surface area contributed by atoms with Crippen LogP contribution in [0.5, 0.6) is 0 Å². The molecule has 2 fully saturated rings. The maximum atomic E-state index is 11.9. The van der Waals surface area contributed by atoms with Gasteiger partial charge in [0.25, 0.3) is 0 Å². The molecule has 1 aliphatic heterocycles. The van der Waals surface area contributed by atoms with E-state index in [1.54, 1.807) is 0 Å². The Labute approximate surface area is 117 Å². The molecule has 19 heavy (non-hydrogen) atoms. The van der Waals surface area contributed by atoms with Gasteiger partial charge in [-0.3, -0.25) is 4.79 Å². The molecular formula is C15H29N3O. The van der Waals surface area contributed by atoms with Crippen LogP contribution < -0.4 is 11.1 Å². The minimum Gasteiger partial charge on any atom is -0.342 e. The van der Waals surface area contributed by atoms with Gasteiger partial charge in [0.15, 0.2) is 0 Å². The van der Waals surface area contributed by atoms with Gasteiger partial charge in [-0.05, 0) is 38.1 Å². The third-order valence-electron chi connectivity index (χ3n) is 4.71. The van der Waals surface area contributed by atoms with Crippen LogP contribution in [0, 0.1) is 11.8 Å². The van der Waals surface area contributed by atoms with Crippen LogP contribution in [0.3, 0.4) is 0 Å². The summed E-state index contributed by atoms with van der Waals surface area (Å²) in [4.78, 5) is 14.0. The number of hydrogen-bond acceptors (Lipinski definition) is 3. The van der Waals surface area contributed by atoms with Crippen molar-refractivity contribution in [2.45, 2.75) is 58.0 Å². The summed E-state index contributed by atoms with van der Waals surface area (Å²) in [5.74, 6) is 1.09. The van der Waals surface area contributed by atoms with Crippen molar-refractivity contribution >= 4 is 5.91 Å². The van der Waals surface area contributed by atoms with Gasteiger partial charge in [-0.1, -0.05) is 20.3 Å². The monoisotopic (exact) mass is 267 g/mol. The fraction of sp³-hybridized carbons (Fsp3) is 0.933. The molecule has 1 saturated carbocycles. The topological polar surface area (TPSA) is 58.4 Å². The molecule has 4 nitrogen and oxygen atoms in total. The molecule has 2 atom stereocenters. The van der Waals surface area contributed by atoms with Crippen LogP contribution in [0.1, 0.15) is 46.0 Å². The first kappa shape index (κ1) is 14.8. The summed E-state index contributed by atoms with van der Waals surface area (Å²) in [6, 6.07) is 1.19. The number of carbonyl (C=O) groups is 1. The van der Waals surface area contributed by atoms with Gasteiger partial charge in [0.05, 0.1) is 0 Å². The molecule has 0 aromatic rings. The zero-order valence-electron chi connectivity index (χ0n) is 12.4. The van der Waals surface area contributed by atoms with Crippen LogP contribution >= 0.6 is 0 Å². The van der Waals surface area contributed by atoms with E-state index in [1.165, 1.54) is 19.3 Å². The summed E-state index contributed by atoms with van der Waals surface area (Å²) in [5.41, 5.74) is 5.83. The van der Waals surface area contributed by atoms with Gasteiger partial charge in [0, 0.05) is 31.1 Å². The molecule has 2 unspecified atom stereocenters. The standard InChI is InChI=1S/C15H29N3O/c1-11(2)15(19)18-8-6-13(7-9-18)17-14-5-3-4-12(14)10-16/h11-14,17H,3-10,16H2,1-2H3. The van der Waals surface area contributed by atoms with E-state index < -0.39 is 0 Å². The number of likely N-dealkylation sites (tertiary alicyclic amines) is 1. The van der Waals surface area contributed by atoms with Crippen LogP contribution in [0.25, 0.3) is 0 Å². The molecule has 110 valence electrons. The van der Waals surface area contributed by atoms with E-state index in [-0.39, 0.29) is 5.92 Å². The second-order valence-electron chi connectivity index (χ2n) is 6.45. The van der Waals surface area contributed by atoms with E-state index in [0.29, 0.717) is 23.9 Å². The van der Waals surface area contributed by atoms with Crippen LogP contribution in [0.2, 0.25) is 0 Å². The second kappa shape index (κ2) is 6.71. The minimum atomic E-state index is 0.126. The number of nitrogens with zero attached hydrogens (tertiary/aromatic N) is 1. The molecule has 1 heterocycles. The van der Waals surface area contributed by atoms with Crippen LogP contribution in [0.15, 0.2) is 0 Å². The molecule has 0 bridgehead atoms. The van der Waals surface area contributed by atoms with E-state index in [9.17, 15) is 4.79 Å². The van der Waals surface area contributed by atoms with E-state index in [2.05, 4.69) is 5.32 Å². The third-order valence-corrected chi connectivity index (χ3v) is 4.71. The van der Waals surface area contributed by atoms with Crippen molar-refractivity contribution in [1.29, 1.82) is 0 Å². The van der Waals surface area contributed by atoms with E-state index in [4.69, 9.17) is 5.73 Å². The highest BCUT2D eigenvalue weighted by Crippen LogP contribution is 2.26. The Morgan fingerprint density at radius 3 is 2.53 bits per heavy atom. The van der Waals surface area contributed by atoms with Gasteiger partial charge in [0.1, 0.15) is 0 Å². The first-order valence-corrected chi connectivity index (χ1v) is 7.86. The Morgan fingerprint density at radius 1 is 1.26 bits per heavy atom. The first-order valence-electron chi connectivity index (χ1n) is 7.86. The molecule has 1 amide bonds. The molecule has 0 aromatic heterocycles. The van der Waals surface area contributed by atoms with E-state index >= 15 is 0 Å². The average molecular weight is 267 g/mol. The van der Waals surface area contributed by atoms with Gasteiger partial charge in [0.2, 0.25) is 5.91 Å². The Hall–Kier alpha value is -0.610. The lowest BCUT2D eigenvalue weighted by Crippen LogP contribution is -2.50. The highest BCUT2D eigenvalue weighted by Gasteiger charge is 2.30. The number of carbonyl (C=O) groups excluding carboxylic acids is 1. The number of amides is 1. The van der Waals surface area contributed by atoms with E-state index in [0.717, 1.165) is 32.5 Å². The van der Waals surface area contributed by atoms with Gasteiger partial charge < -0.3 is 16.0 Å². The quantitative estimate of drug-likeness (QED) is 0.808. The summed E-state index contributed by atoms with van der Waals surface area (Å²) in [7, 11) is 0. The summed E-state index contributed by atoms with van der Waals surface area (Å²) >= 11 is 0. The maximum absolute atomic E-state index is 11.9. The number of nitrogens with one attached hydrogen (secondary N) is 1. The summed E-state index contributed by atoms with van der Waals surface area (Å²) in [6.45, 7) is 6.60. The molecular weight excluding hydrogens is 238 g/mol. The summed E-state index contributed by atoms with van der Waals surface area (Å²) in [5, 5.41) is 3.79. The zero-order valence-corrected chi connectivity index (χ0v) is 12.4. The molecule has 3 N–H and O–H groups in total. The lowest BCUT2D eigenvalue weighted by Gasteiger charge is -2.35. The van der Waals surface area contributed by atoms with Crippen molar-refractivity contribution in [2.24, 2.45) is 17.6 Å². The highest BCUT2D eigenvalue weighted by atomic mass is 16.2. The van der Waals surface area contributed by atoms with Gasteiger partial charge >= 0.3 is 0 Å². The Balaban J connectivity index is 1.76. The van der Waals surface area contributed by atoms with Crippen molar-refractivity contribution in [3.05, 3.63) is 0 Å². The van der Waals surface area contributed by atoms with E-state index in [1.807, 2.05) is 18.7 Å².